The SMILES string of the molecule is O=P(O)(O)OP(=O)(O)OP(=O)(O)OP(=O)(O)O.[NaH].[NaH].[NaH].[NaH].[NaH]. The minimum absolute atomic E-state index is 0. The molecule has 0 saturated heterocycles. The molecule has 0 aromatic heterocycles. The molecule has 0 amide bonds. The summed E-state index contributed by atoms with van der Waals surface area (Å²) in [6.45, 7) is 0. The van der Waals surface area contributed by atoms with E-state index in [9.17, 15) is 18.3 Å². The average molecular weight is 458 g/mol. The van der Waals surface area contributed by atoms with Crippen molar-refractivity contribution in [3.63, 3.8) is 0 Å². The molecule has 0 spiro atoms. The summed E-state index contributed by atoms with van der Waals surface area (Å²) in [4.78, 5) is 49.4. The van der Waals surface area contributed by atoms with Crippen molar-refractivity contribution in [3.05, 3.63) is 0 Å². The van der Waals surface area contributed by atoms with E-state index in [2.05, 4.69) is 12.9 Å². The molecule has 0 radical (unpaired) electrons. The van der Waals surface area contributed by atoms with E-state index in [1.54, 1.807) is 0 Å². The first-order chi connectivity index (χ1) is 7.12. The predicted octanol–water partition coefficient (Wildman–Crippen LogP) is -3.82. The Morgan fingerprint density at radius 3 is 0.773 bits per heavy atom. The molecule has 6 N–H and O–H groups in total. The van der Waals surface area contributed by atoms with Crippen LogP contribution < -0.4 is 0 Å². The van der Waals surface area contributed by atoms with Crippen LogP contribution in [-0.4, -0.2) is 177 Å². The average Bonchev–Trinajstić information content (AvgIpc) is 1.65. The summed E-state index contributed by atoms with van der Waals surface area (Å²) in [7, 11) is -22.6. The molecule has 0 aromatic carbocycles. The van der Waals surface area contributed by atoms with Gasteiger partial charge in [0.2, 0.25) is 0 Å². The van der Waals surface area contributed by atoms with Gasteiger partial charge < -0.3 is 29.4 Å². The van der Waals surface area contributed by atoms with Crippen LogP contribution in [0, 0.1) is 0 Å². The standard InChI is InChI=1S/5Na.H6O13P4.5H/c;;;;;1-14(2,3)11-16(7,8)13-17(9,10)12-15(4,5)6;;;;;/h;;;;;(H,7,8)(H,9,10)(H2,1,2,3)(H2,4,5,6);;;;;. The van der Waals surface area contributed by atoms with Gasteiger partial charge in [-0.1, -0.05) is 0 Å². The van der Waals surface area contributed by atoms with Gasteiger partial charge in [-0.3, -0.25) is 0 Å². The third-order valence-electron chi connectivity index (χ3n) is 0.625. The Labute approximate surface area is 235 Å². The van der Waals surface area contributed by atoms with Crippen molar-refractivity contribution in [1.82, 2.24) is 0 Å². The number of phosphoric acid groups is 4. The topological polar surface area (TPSA) is 217 Å². The molecule has 0 bridgehead atoms. The molecule has 0 saturated carbocycles. The Kier molecular flexibility index (Phi) is 31.1. The van der Waals surface area contributed by atoms with E-state index in [1.807, 2.05) is 0 Å². The van der Waals surface area contributed by atoms with Gasteiger partial charge in [-0.25, -0.2) is 18.3 Å². The zero-order valence-electron chi connectivity index (χ0n) is 7.33. The molecule has 0 aliphatic rings. The molecule has 114 valence electrons. The van der Waals surface area contributed by atoms with Crippen molar-refractivity contribution >= 4 is 179 Å². The van der Waals surface area contributed by atoms with Gasteiger partial charge in [0.05, 0.1) is 0 Å². The zero-order valence-corrected chi connectivity index (χ0v) is 10.9. The predicted molar refractivity (Wildman–Crippen MR) is 82.7 cm³/mol. The first kappa shape index (κ1) is 41.8. The molecule has 22 heteroatoms. The van der Waals surface area contributed by atoms with Crippen LogP contribution in [0.15, 0.2) is 0 Å². The normalized spacial score (nSPS) is 15.9. The second-order valence-electron chi connectivity index (χ2n) is 2.16. The fraction of sp³-hybridized carbons (Fsp3) is 0. The fourth-order valence-electron chi connectivity index (χ4n) is 0.429. The maximum atomic E-state index is 10.7. The molecule has 0 aromatic rings. The third kappa shape index (κ3) is 27.8. The summed E-state index contributed by atoms with van der Waals surface area (Å²) >= 11 is 0. The van der Waals surface area contributed by atoms with Crippen LogP contribution in [0.5, 0.6) is 0 Å². The van der Waals surface area contributed by atoms with Gasteiger partial charge in [-0.15, -0.1) is 0 Å². The Morgan fingerprint density at radius 1 is 0.455 bits per heavy atom. The molecule has 0 heterocycles. The van der Waals surface area contributed by atoms with Crippen LogP contribution in [0.4, 0.5) is 0 Å². The van der Waals surface area contributed by atoms with Crippen molar-refractivity contribution < 1.29 is 60.6 Å². The third-order valence-corrected chi connectivity index (χ3v) is 5.63. The van der Waals surface area contributed by atoms with Crippen LogP contribution in [0.3, 0.4) is 0 Å². The van der Waals surface area contributed by atoms with Gasteiger partial charge in [0, 0.05) is 0 Å². The van der Waals surface area contributed by atoms with Gasteiger partial charge >= 0.3 is 179 Å². The Hall–Kier alpha value is 5.56. The van der Waals surface area contributed by atoms with E-state index < -0.39 is 31.3 Å². The van der Waals surface area contributed by atoms with Gasteiger partial charge in [0.25, 0.3) is 0 Å². The molecule has 0 rings (SSSR count). The van der Waals surface area contributed by atoms with Crippen molar-refractivity contribution in [2.24, 2.45) is 0 Å². The molecule has 0 aliphatic heterocycles. The van der Waals surface area contributed by atoms with Crippen LogP contribution in [-0.2, 0) is 31.2 Å². The molecular formula is H11Na5O13P4. The van der Waals surface area contributed by atoms with E-state index in [0.29, 0.717) is 0 Å². The van der Waals surface area contributed by atoms with E-state index >= 15 is 0 Å². The summed E-state index contributed by atoms with van der Waals surface area (Å²) in [6.07, 6.45) is 0. The van der Waals surface area contributed by atoms with Crippen molar-refractivity contribution in [1.29, 1.82) is 0 Å². The van der Waals surface area contributed by atoms with Crippen LogP contribution in [0.25, 0.3) is 0 Å². The van der Waals surface area contributed by atoms with Crippen molar-refractivity contribution in [2.75, 3.05) is 0 Å². The van der Waals surface area contributed by atoms with Crippen LogP contribution >= 0.6 is 31.3 Å². The second-order valence-corrected chi connectivity index (χ2v) is 7.96. The van der Waals surface area contributed by atoms with Gasteiger partial charge in [-0.2, -0.15) is 12.9 Å². The van der Waals surface area contributed by atoms with E-state index in [-0.39, 0.29) is 148 Å². The number of hydrogen-bond donors (Lipinski definition) is 6. The molecular weight excluding hydrogens is 447 g/mol. The summed E-state index contributed by atoms with van der Waals surface area (Å²) in [5.41, 5.74) is 0. The molecule has 0 fully saturated rings. The molecule has 22 heavy (non-hydrogen) atoms. The second kappa shape index (κ2) is 16.4. The minimum atomic E-state index is -5.77. The Morgan fingerprint density at radius 2 is 0.636 bits per heavy atom. The van der Waals surface area contributed by atoms with Crippen molar-refractivity contribution in [2.45, 2.75) is 0 Å². The fourth-order valence-corrected chi connectivity index (χ4v) is 4.40. The Balaban J connectivity index is -0.000000128. The first-order valence-electron chi connectivity index (χ1n) is 3.03. The molecule has 2 unspecified atom stereocenters. The van der Waals surface area contributed by atoms with E-state index in [0.717, 1.165) is 0 Å². The summed E-state index contributed by atoms with van der Waals surface area (Å²) in [5, 5.41) is 0. The number of rotatable bonds is 6. The summed E-state index contributed by atoms with van der Waals surface area (Å²) < 4.78 is 50.9. The Bertz CT molecular complexity index is 419. The molecule has 13 nitrogen and oxygen atoms in total. The van der Waals surface area contributed by atoms with E-state index in [4.69, 9.17) is 29.4 Å². The first-order valence-corrected chi connectivity index (χ1v) is 9.08. The number of hydrogen-bond acceptors (Lipinski definition) is 7. The summed E-state index contributed by atoms with van der Waals surface area (Å²) in [5.74, 6) is 0. The van der Waals surface area contributed by atoms with Gasteiger partial charge in [0.15, 0.2) is 0 Å². The molecule has 2 atom stereocenters. The maximum absolute atomic E-state index is 10.7. The van der Waals surface area contributed by atoms with Crippen LogP contribution in [0.1, 0.15) is 0 Å². The monoisotopic (exact) mass is 458 g/mol. The van der Waals surface area contributed by atoms with Crippen LogP contribution in [0.2, 0.25) is 0 Å². The van der Waals surface area contributed by atoms with Gasteiger partial charge in [-0.05, 0) is 0 Å². The van der Waals surface area contributed by atoms with E-state index in [1.165, 1.54) is 0 Å². The van der Waals surface area contributed by atoms with Gasteiger partial charge in [0.1, 0.15) is 0 Å². The van der Waals surface area contributed by atoms with Crippen molar-refractivity contribution in [3.8, 4) is 0 Å². The summed E-state index contributed by atoms with van der Waals surface area (Å²) in [6, 6.07) is 0. The zero-order chi connectivity index (χ0) is 14.1. The quantitative estimate of drug-likeness (QED) is 0.166. The molecule has 0 aliphatic carbocycles.